The van der Waals surface area contributed by atoms with Gasteiger partial charge in [0.15, 0.2) is 0 Å². The summed E-state index contributed by atoms with van der Waals surface area (Å²) in [7, 11) is 1.67. The van der Waals surface area contributed by atoms with E-state index in [0.29, 0.717) is 13.2 Å². The molecule has 0 amide bonds. The SMILES string of the molecule is CCCCCCCCCC(O)c1c(Br)cnn1CCOC. The molecule has 5 heteroatoms. The van der Waals surface area contributed by atoms with Crippen molar-refractivity contribution in [1.29, 1.82) is 0 Å². The van der Waals surface area contributed by atoms with Crippen molar-refractivity contribution in [3.8, 4) is 0 Å². The lowest BCUT2D eigenvalue weighted by Crippen LogP contribution is -2.13. The van der Waals surface area contributed by atoms with E-state index in [0.717, 1.165) is 23.0 Å². The summed E-state index contributed by atoms with van der Waals surface area (Å²) in [5.74, 6) is 0. The fraction of sp³-hybridized carbons (Fsp3) is 0.812. The van der Waals surface area contributed by atoms with E-state index in [4.69, 9.17) is 4.74 Å². The normalized spacial score (nSPS) is 12.8. The van der Waals surface area contributed by atoms with E-state index in [1.165, 1.54) is 38.5 Å². The van der Waals surface area contributed by atoms with Crippen molar-refractivity contribution in [2.75, 3.05) is 13.7 Å². The third kappa shape index (κ3) is 6.94. The number of ether oxygens (including phenoxy) is 1. The van der Waals surface area contributed by atoms with Gasteiger partial charge in [0.1, 0.15) is 0 Å². The Morgan fingerprint density at radius 3 is 2.57 bits per heavy atom. The number of halogens is 1. The Morgan fingerprint density at radius 1 is 1.24 bits per heavy atom. The Bertz CT molecular complexity index is 382. The second-order valence-corrected chi connectivity index (χ2v) is 6.37. The number of unbranched alkanes of at least 4 members (excludes halogenated alkanes) is 6. The molecule has 1 N–H and O–H groups in total. The first kappa shape index (κ1) is 18.7. The van der Waals surface area contributed by atoms with Gasteiger partial charge in [-0.2, -0.15) is 5.10 Å². The molecule has 0 aromatic carbocycles. The monoisotopic (exact) mass is 360 g/mol. The maximum absolute atomic E-state index is 10.4. The molecule has 0 radical (unpaired) electrons. The average molecular weight is 361 g/mol. The van der Waals surface area contributed by atoms with Crippen molar-refractivity contribution >= 4 is 15.9 Å². The molecular formula is C16H29BrN2O2. The van der Waals surface area contributed by atoms with Gasteiger partial charge in [-0.05, 0) is 22.4 Å². The van der Waals surface area contributed by atoms with Gasteiger partial charge in [0.2, 0.25) is 0 Å². The average Bonchev–Trinajstić information content (AvgIpc) is 2.85. The van der Waals surface area contributed by atoms with Gasteiger partial charge in [0, 0.05) is 7.11 Å². The minimum atomic E-state index is -0.450. The lowest BCUT2D eigenvalue weighted by atomic mass is 10.0. The number of aliphatic hydroxyl groups is 1. The number of aliphatic hydroxyl groups excluding tert-OH is 1. The van der Waals surface area contributed by atoms with E-state index in [9.17, 15) is 5.11 Å². The quantitative estimate of drug-likeness (QED) is 0.559. The molecule has 0 saturated heterocycles. The molecule has 1 aromatic rings. The topological polar surface area (TPSA) is 47.3 Å². The molecule has 0 aliphatic carbocycles. The van der Waals surface area contributed by atoms with Gasteiger partial charge in [-0.1, -0.05) is 51.9 Å². The molecule has 0 aliphatic heterocycles. The summed E-state index contributed by atoms with van der Waals surface area (Å²) in [5.41, 5.74) is 0.873. The van der Waals surface area contributed by atoms with E-state index in [1.807, 2.05) is 4.68 Å². The van der Waals surface area contributed by atoms with Crippen LogP contribution in [0.5, 0.6) is 0 Å². The molecular weight excluding hydrogens is 332 g/mol. The predicted octanol–water partition coefficient (Wildman–Crippen LogP) is 4.47. The summed E-state index contributed by atoms with van der Waals surface area (Å²) >= 11 is 3.48. The van der Waals surface area contributed by atoms with Gasteiger partial charge in [-0.3, -0.25) is 4.68 Å². The van der Waals surface area contributed by atoms with E-state index < -0.39 is 6.10 Å². The van der Waals surface area contributed by atoms with Gasteiger partial charge in [-0.15, -0.1) is 0 Å². The maximum atomic E-state index is 10.4. The zero-order valence-electron chi connectivity index (χ0n) is 13.4. The molecule has 4 nitrogen and oxygen atoms in total. The highest BCUT2D eigenvalue weighted by Gasteiger charge is 2.17. The smallest absolute Gasteiger partial charge is 0.0968 e. The van der Waals surface area contributed by atoms with E-state index >= 15 is 0 Å². The number of rotatable bonds is 12. The molecule has 0 saturated carbocycles. The van der Waals surface area contributed by atoms with Gasteiger partial charge >= 0.3 is 0 Å². The lowest BCUT2D eigenvalue weighted by molar-refractivity contribution is 0.142. The second kappa shape index (κ2) is 11.2. The molecule has 1 heterocycles. The van der Waals surface area contributed by atoms with E-state index in [-0.39, 0.29) is 0 Å². The Balaban J connectivity index is 2.31. The number of aromatic nitrogens is 2. The molecule has 1 unspecified atom stereocenters. The van der Waals surface area contributed by atoms with Crippen LogP contribution in [0.4, 0.5) is 0 Å². The number of hydrogen-bond acceptors (Lipinski definition) is 3. The summed E-state index contributed by atoms with van der Waals surface area (Å²) in [4.78, 5) is 0. The Morgan fingerprint density at radius 2 is 1.90 bits per heavy atom. The summed E-state index contributed by atoms with van der Waals surface area (Å²) in [6.07, 6.45) is 10.9. The number of methoxy groups -OCH3 is 1. The lowest BCUT2D eigenvalue weighted by Gasteiger charge is -2.14. The van der Waals surface area contributed by atoms with E-state index in [1.54, 1.807) is 13.3 Å². The summed E-state index contributed by atoms with van der Waals surface area (Å²) in [6, 6.07) is 0. The highest BCUT2D eigenvalue weighted by molar-refractivity contribution is 9.10. The molecule has 0 spiro atoms. The summed E-state index contributed by atoms with van der Waals surface area (Å²) in [5, 5.41) is 14.7. The summed E-state index contributed by atoms with van der Waals surface area (Å²) < 4.78 is 7.79. The molecule has 1 rings (SSSR count). The van der Waals surface area contributed by atoms with Crippen LogP contribution in [-0.4, -0.2) is 28.6 Å². The first-order chi connectivity index (χ1) is 10.2. The zero-order chi connectivity index (χ0) is 15.5. The zero-order valence-corrected chi connectivity index (χ0v) is 14.9. The minimum absolute atomic E-state index is 0.450. The maximum Gasteiger partial charge on any atom is 0.0968 e. The van der Waals surface area contributed by atoms with Crippen molar-refractivity contribution in [1.82, 2.24) is 9.78 Å². The van der Waals surface area contributed by atoms with Crippen LogP contribution in [0.2, 0.25) is 0 Å². The van der Waals surface area contributed by atoms with Gasteiger partial charge in [0.05, 0.1) is 35.6 Å². The Labute approximate surface area is 137 Å². The van der Waals surface area contributed by atoms with Crippen LogP contribution in [0.15, 0.2) is 10.7 Å². The molecule has 21 heavy (non-hydrogen) atoms. The van der Waals surface area contributed by atoms with Crippen LogP contribution in [0.3, 0.4) is 0 Å². The van der Waals surface area contributed by atoms with Gasteiger partial charge in [-0.25, -0.2) is 0 Å². The molecule has 0 bridgehead atoms. The second-order valence-electron chi connectivity index (χ2n) is 5.52. The van der Waals surface area contributed by atoms with Crippen molar-refractivity contribution in [2.45, 2.75) is 70.9 Å². The van der Waals surface area contributed by atoms with Gasteiger partial charge < -0.3 is 9.84 Å². The molecule has 0 fully saturated rings. The van der Waals surface area contributed by atoms with Crippen LogP contribution in [-0.2, 0) is 11.3 Å². The van der Waals surface area contributed by atoms with Crippen LogP contribution in [0.25, 0.3) is 0 Å². The summed E-state index contributed by atoms with van der Waals surface area (Å²) in [6.45, 7) is 3.51. The van der Waals surface area contributed by atoms with E-state index in [2.05, 4.69) is 28.0 Å². The van der Waals surface area contributed by atoms with Crippen molar-refractivity contribution < 1.29 is 9.84 Å². The molecule has 1 atom stereocenters. The van der Waals surface area contributed by atoms with Crippen molar-refractivity contribution in [3.63, 3.8) is 0 Å². The number of hydrogen-bond donors (Lipinski definition) is 1. The fourth-order valence-electron chi connectivity index (χ4n) is 2.49. The van der Waals surface area contributed by atoms with Crippen LogP contribution in [0, 0.1) is 0 Å². The first-order valence-corrected chi connectivity index (χ1v) is 8.88. The molecule has 122 valence electrons. The third-order valence-electron chi connectivity index (χ3n) is 3.74. The fourth-order valence-corrected chi connectivity index (χ4v) is 3.05. The van der Waals surface area contributed by atoms with Crippen molar-refractivity contribution in [3.05, 3.63) is 16.4 Å². The third-order valence-corrected chi connectivity index (χ3v) is 4.35. The van der Waals surface area contributed by atoms with Crippen molar-refractivity contribution in [2.24, 2.45) is 0 Å². The molecule has 1 aromatic heterocycles. The van der Waals surface area contributed by atoms with Crippen LogP contribution in [0.1, 0.15) is 70.1 Å². The Kier molecular flexibility index (Phi) is 9.96. The standard InChI is InChI=1S/C16H29BrN2O2/c1-3-4-5-6-7-8-9-10-15(20)16-14(17)13-18-19(16)11-12-21-2/h13,15,20H,3-12H2,1-2H3. The minimum Gasteiger partial charge on any atom is -0.387 e. The van der Waals surface area contributed by atoms with Gasteiger partial charge in [0.25, 0.3) is 0 Å². The molecule has 0 aliphatic rings. The number of nitrogens with zero attached hydrogens (tertiary/aromatic N) is 2. The highest BCUT2D eigenvalue weighted by atomic mass is 79.9. The predicted molar refractivity (Wildman–Crippen MR) is 89.4 cm³/mol. The first-order valence-electron chi connectivity index (χ1n) is 8.08. The highest BCUT2D eigenvalue weighted by Crippen LogP contribution is 2.27. The largest absolute Gasteiger partial charge is 0.387 e. The Hall–Kier alpha value is -0.390. The van der Waals surface area contributed by atoms with Crippen LogP contribution < -0.4 is 0 Å². The van der Waals surface area contributed by atoms with Crippen LogP contribution >= 0.6 is 15.9 Å².